The first kappa shape index (κ1) is 11.9. The fourth-order valence-corrected chi connectivity index (χ4v) is 1.39. The second-order valence-corrected chi connectivity index (χ2v) is 3.34. The summed E-state index contributed by atoms with van der Waals surface area (Å²) in [5.41, 5.74) is -0.376. The van der Waals surface area contributed by atoms with Gasteiger partial charge in [0.1, 0.15) is 0 Å². The van der Waals surface area contributed by atoms with E-state index in [0.717, 1.165) is 0 Å². The van der Waals surface area contributed by atoms with E-state index in [1.54, 1.807) is 6.92 Å². The van der Waals surface area contributed by atoms with Crippen LogP contribution in [-0.2, 0) is 6.54 Å². The lowest BCUT2D eigenvalue weighted by atomic mass is 10.3. The van der Waals surface area contributed by atoms with Crippen LogP contribution in [-0.4, -0.2) is 9.49 Å². The first-order chi connectivity index (χ1) is 7.57. The molecule has 0 radical (unpaired) electrons. The Kier molecular flexibility index (Phi) is 3.78. The van der Waals surface area contributed by atoms with Gasteiger partial charge in [0.05, 0.1) is 11.0 Å². The molecule has 0 aromatic carbocycles. The van der Waals surface area contributed by atoms with Gasteiger partial charge in [0.25, 0.3) is 0 Å². The Hall–Kier alpha value is -2.16. The molecule has 6 heteroatoms. The number of pyridine rings is 1. The van der Waals surface area contributed by atoms with Crippen LogP contribution >= 0.6 is 0 Å². The minimum Gasteiger partial charge on any atom is -0.307 e. The Morgan fingerprint density at radius 2 is 2.25 bits per heavy atom. The van der Waals surface area contributed by atoms with Crippen LogP contribution in [0.1, 0.15) is 18.5 Å². The second-order valence-electron chi connectivity index (χ2n) is 3.34. The van der Waals surface area contributed by atoms with Crippen molar-refractivity contribution >= 4 is 5.69 Å². The highest BCUT2D eigenvalue weighted by atomic mass is 16.6. The predicted molar refractivity (Wildman–Crippen MR) is 56.9 cm³/mol. The molecule has 0 saturated carbocycles. The SMILES string of the molecule is Cc1ccc([N+](=O)[O-])c(=O)n1CCCC#N. The van der Waals surface area contributed by atoms with Gasteiger partial charge in [0, 0.05) is 24.7 Å². The van der Waals surface area contributed by atoms with E-state index >= 15 is 0 Å². The zero-order valence-electron chi connectivity index (χ0n) is 8.84. The molecule has 0 bridgehead atoms. The number of unbranched alkanes of at least 4 members (excludes halogenated alkanes) is 1. The summed E-state index contributed by atoms with van der Waals surface area (Å²) in [6.45, 7) is 2.04. The second kappa shape index (κ2) is 5.07. The highest BCUT2D eigenvalue weighted by Gasteiger charge is 2.14. The molecule has 0 aliphatic carbocycles. The molecule has 0 spiro atoms. The molecule has 1 aromatic rings. The van der Waals surface area contributed by atoms with Gasteiger partial charge in [0.2, 0.25) is 0 Å². The van der Waals surface area contributed by atoms with Gasteiger partial charge in [0.15, 0.2) is 0 Å². The van der Waals surface area contributed by atoms with Gasteiger partial charge in [-0.1, -0.05) is 0 Å². The molecule has 0 atom stereocenters. The maximum atomic E-state index is 11.7. The van der Waals surface area contributed by atoms with E-state index in [0.29, 0.717) is 25.1 Å². The Morgan fingerprint density at radius 1 is 1.56 bits per heavy atom. The van der Waals surface area contributed by atoms with Gasteiger partial charge >= 0.3 is 11.2 Å². The summed E-state index contributed by atoms with van der Waals surface area (Å²) < 4.78 is 1.33. The van der Waals surface area contributed by atoms with Crippen molar-refractivity contribution in [3.8, 4) is 6.07 Å². The lowest BCUT2D eigenvalue weighted by Gasteiger charge is -2.07. The van der Waals surface area contributed by atoms with Crippen LogP contribution in [0.2, 0.25) is 0 Å². The molecule has 0 N–H and O–H groups in total. The third kappa shape index (κ3) is 2.45. The molecule has 0 fully saturated rings. The van der Waals surface area contributed by atoms with Gasteiger partial charge < -0.3 is 4.57 Å². The maximum absolute atomic E-state index is 11.7. The minimum atomic E-state index is -0.692. The third-order valence-corrected chi connectivity index (χ3v) is 2.24. The van der Waals surface area contributed by atoms with Crippen molar-refractivity contribution in [1.82, 2.24) is 4.57 Å². The van der Waals surface area contributed by atoms with E-state index in [1.807, 2.05) is 6.07 Å². The fraction of sp³-hybridized carbons (Fsp3) is 0.400. The van der Waals surface area contributed by atoms with E-state index in [9.17, 15) is 14.9 Å². The summed E-state index contributed by atoms with van der Waals surface area (Å²) in [6.07, 6.45) is 0.840. The number of nitro groups is 1. The molecule has 0 saturated heterocycles. The number of nitriles is 1. The quantitative estimate of drug-likeness (QED) is 0.436. The molecular weight excluding hydrogens is 210 g/mol. The number of aryl methyl sites for hydroxylation is 1. The van der Waals surface area contributed by atoms with Gasteiger partial charge in [-0.2, -0.15) is 5.26 Å². The van der Waals surface area contributed by atoms with Crippen LogP contribution in [0.4, 0.5) is 5.69 Å². The van der Waals surface area contributed by atoms with Gasteiger partial charge in [-0.15, -0.1) is 0 Å². The van der Waals surface area contributed by atoms with E-state index < -0.39 is 16.2 Å². The third-order valence-electron chi connectivity index (χ3n) is 2.24. The summed E-state index contributed by atoms with van der Waals surface area (Å²) >= 11 is 0. The highest BCUT2D eigenvalue weighted by Crippen LogP contribution is 2.06. The number of hydrogen-bond acceptors (Lipinski definition) is 4. The van der Waals surface area contributed by atoms with Crippen LogP contribution in [0.15, 0.2) is 16.9 Å². The summed E-state index contributed by atoms with van der Waals surface area (Å²) in [5.74, 6) is 0. The molecule has 1 aromatic heterocycles. The Labute approximate surface area is 91.9 Å². The van der Waals surface area contributed by atoms with Crippen molar-refractivity contribution in [2.24, 2.45) is 0 Å². The van der Waals surface area contributed by atoms with Gasteiger partial charge in [-0.25, -0.2) is 0 Å². The molecular formula is C10H11N3O3. The number of rotatable bonds is 4. The van der Waals surface area contributed by atoms with Crippen molar-refractivity contribution in [3.05, 3.63) is 38.3 Å². The lowest BCUT2D eigenvalue weighted by Crippen LogP contribution is -2.24. The van der Waals surface area contributed by atoms with Crippen molar-refractivity contribution in [1.29, 1.82) is 5.26 Å². The molecule has 0 amide bonds. The summed E-state index contributed by atoms with van der Waals surface area (Å²) in [7, 11) is 0. The van der Waals surface area contributed by atoms with Crippen LogP contribution in [0, 0.1) is 28.4 Å². The molecule has 0 aliphatic heterocycles. The highest BCUT2D eigenvalue weighted by molar-refractivity contribution is 5.27. The summed E-state index contributed by atoms with van der Waals surface area (Å²) in [5, 5.41) is 18.9. The number of hydrogen-bond donors (Lipinski definition) is 0. The zero-order chi connectivity index (χ0) is 12.1. The average molecular weight is 221 g/mol. The topological polar surface area (TPSA) is 88.9 Å². The summed E-state index contributed by atoms with van der Waals surface area (Å²) in [6, 6.07) is 4.71. The molecule has 1 rings (SSSR count). The van der Waals surface area contributed by atoms with Crippen LogP contribution in [0.3, 0.4) is 0 Å². The standard InChI is InChI=1S/C10H11N3O3/c1-8-4-5-9(13(15)16)10(14)12(8)7-3-2-6-11/h4-5H,2-3,7H2,1H3. The van der Waals surface area contributed by atoms with Crippen molar-refractivity contribution in [2.45, 2.75) is 26.3 Å². The molecule has 0 aliphatic rings. The maximum Gasteiger partial charge on any atom is 0.334 e. The molecule has 84 valence electrons. The van der Waals surface area contributed by atoms with E-state index in [2.05, 4.69) is 0 Å². The van der Waals surface area contributed by atoms with Crippen molar-refractivity contribution < 1.29 is 4.92 Å². The van der Waals surface area contributed by atoms with Crippen molar-refractivity contribution in [2.75, 3.05) is 0 Å². The van der Waals surface area contributed by atoms with E-state index in [1.165, 1.54) is 16.7 Å². The van der Waals surface area contributed by atoms with Crippen molar-refractivity contribution in [3.63, 3.8) is 0 Å². The van der Waals surface area contributed by atoms with E-state index in [-0.39, 0.29) is 0 Å². The fourth-order valence-electron chi connectivity index (χ4n) is 1.39. The smallest absolute Gasteiger partial charge is 0.307 e. The minimum absolute atomic E-state index is 0.328. The van der Waals surface area contributed by atoms with Gasteiger partial charge in [-0.05, 0) is 19.4 Å². The van der Waals surface area contributed by atoms with Crippen LogP contribution in [0.5, 0.6) is 0 Å². The zero-order valence-corrected chi connectivity index (χ0v) is 8.84. The normalized spacial score (nSPS) is 9.75. The largest absolute Gasteiger partial charge is 0.334 e. The van der Waals surface area contributed by atoms with Crippen LogP contribution < -0.4 is 5.56 Å². The Balaban J connectivity index is 3.08. The Morgan fingerprint density at radius 3 is 2.81 bits per heavy atom. The number of nitrogens with zero attached hydrogens (tertiary/aromatic N) is 3. The first-order valence-corrected chi connectivity index (χ1v) is 4.79. The first-order valence-electron chi connectivity index (χ1n) is 4.79. The van der Waals surface area contributed by atoms with E-state index in [4.69, 9.17) is 5.26 Å². The lowest BCUT2D eigenvalue weighted by molar-refractivity contribution is -0.386. The molecule has 0 unspecified atom stereocenters. The van der Waals surface area contributed by atoms with Crippen LogP contribution in [0.25, 0.3) is 0 Å². The Bertz CT molecular complexity index is 499. The number of aromatic nitrogens is 1. The molecule has 6 nitrogen and oxygen atoms in total. The average Bonchev–Trinajstić information content (AvgIpc) is 2.22. The monoisotopic (exact) mass is 221 g/mol. The molecule has 16 heavy (non-hydrogen) atoms. The molecule has 1 heterocycles. The predicted octanol–water partition coefficient (Wildman–Crippen LogP) is 1.37. The summed E-state index contributed by atoms with van der Waals surface area (Å²) in [4.78, 5) is 21.5. The van der Waals surface area contributed by atoms with Gasteiger partial charge in [-0.3, -0.25) is 14.9 Å².